The highest BCUT2D eigenvalue weighted by atomic mass is 79.9. The topological polar surface area (TPSA) is 73.2 Å². The first-order valence-electron chi connectivity index (χ1n) is 9.98. The summed E-state index contributed by atoms with van der Waals surface area (Å²) in [5, 5.41) is 12.8. The van der Waals surface area contributed by atoms with Crippen molar-refractivity contribution in [1.29, 1.82) is 5.26 Å². The van der Waals surface area contributed by atoms with E-state index in [1.165, 1.54) is 16.7 Å². The zero-order valence-corrected chi connectivity index (χ0v) is 20.3. The molecule has 0 bridgehead atoms. The number of hydrogen-bond donors (Lipinski definition) is 1. The van der Waals surface area contributed by atoms with Gasteiger partial charge in [-0.2, -0.15) is 5.26 Å². The largest absolute Gasteiger partial charge is 0.320 e. The van der Waals surface area contributed by atoms with Crippen LogP contribution in [0, 0.1) is 11.3 Å². The predicted octanol–water partition coefficient (Wildman–Crippen LogP) is 6.17. The van der Waals surface area contributed by atoms with E-state index in [9.17, 15) is 14.9 Å². The summed E-state index contributed by atoms with van der Waals surface area (Å²) in [7, 11) is 0. The van der Waals surface area contributed by atoms with Crippen molar-refractivity contribution in [3.63, 3.8) is 0 Å². The van der Waals surface area contributed by atoms with Crippen LogP contribution < -0.4 is 10.2 Å². The molecule has 4 rings (SSSR count). The number of nitrogens with zero attached hydrogens (tertiary/aromatic N) is 2. The van der Waals surface area contributed by atoms with Crippen molar-refractivity contribution < 1.29 is 9.59 Å². The van der Waals surface area contributed by atoms with Crippen LogP contribution in [0.2, 0.25) is 5.02 Å². The summed E-state index contributed by atoms with van der Waals surface area (Å²) in [5.41, 5.74) is 1.83. The molecule has 2 amide bonds. The van der Waals surface area contributed by atoms with Crippen molar-refractivity contribution in [2.45, 2.75) is 11.7 Å². The van der Waals surface area contributed by atoms with Crippen molar-refractivity contribution in [1.82, 2.24) is 0 Å². The molecule has 1 saturated heterocycles. The Morgan fingerprint density at radius 2 is 1.73 bits per heavy atom. The molecule has 0 radical (unpaired) electrons. The molecule has 0 saturated carbocycles. The molecule has 1 atom stereocenters. The van der Waals surface area contributed by atoms with Crippen molar-refractivity contribution in [2.75, 3.05) is 10.2 Å². The van der Waals surface area contributed by atoms with Gasteiger partial charge in [0, 0.05) is 10.2 Å². The maximum atomic E-state index is 13.4. The first-order chi connectivity index (χ1) is 16.0. The molecule has 33 heavy (non-hydrogen) atoms. The van der Waals surface area contributed by atoms with Gasteiger partial charge in [-0.3, -0.25) is 14.5 Å². The molecule has 0 unspecified atom stereocenters. The number of amides is 2. The molecular formula is C25H17BrClN3O2S. The van der Waals surface area contributed by atoms with Crippen LogP contribution in [0.1, 0.15) is 5.56 Å². The number of nitriles is 1. The van der Waals surface area contributed by atoms with Crippen LogP contribution in [0.4, 0.5) is 11.4 Å². The summed E-state index contributed by atoms with van der Waals surface area (Å²) in [4.78, 5) is 28.0. The fourth-order valence-corrected chi connectivity index (χ4v) is 5.14. The van der Waals surface area contributed by atoms with Crippen LogP contribution in [0.15, 0.2) is 93.9 Å². The Labute approximate surface area is 209 Å². The maximum Gasteiger partial charge on any atom is 0.269 e. The fraction of sp³-hybridized carbons (Fsp3) is 0.0800. The normalized spacial score (nSPS) is 16.9. The zero-order chi connectivity index (χ0) is 23.4. The second kappa shape index (κ2) is 10.3. The van der Waals surface area contributed by atoms with E-state index in [-0.39, 0.29) is 11.5 Å². The lowest BCUT2D eigenvalue weighted by atomic mass is 10.1. The van der Waals surface area contributed by atoms with Gasteiger partial charge in [0.2, 0.25) is 5.91 Å². The number of rotatable bonds is 5. The molecule has 3 aromatic rings. The highest BCUT2D eigenvalue weighted by Crippen LogP contribution is 2.42. The van der Waals surface area contributed by atoms with Crippen molar-refractivity contribution in [3.05, 3.63) is 105 Å². The van der Waals surface area contributed by atoms with E-state index in [0.29, 0.717) is 27.8 Å². The molecule has 1 aliphatic rings. The third-order valence-corrected chi connectivity index (χ3v) is 7.10. The van der Waals surface area contributed by atoms with E-state index >= 15 is 0 Å². The van der Waals surface area contributed by atoms with E-state index in [0.717, 1.165) is 10.0 Å². The second-order valence-corrected chi connectivity index (χ2v) is 9.69. The summed E-state index contributed by atoms with van der Waals surface area (Å²) in [6.07, 6.45) is 0.467. The summed E-state index contributed by atoms with van der Waals surface area (Å²) in [5.74, 6) is -0.798. The molecule has 164 valence electrons. The maximum absolute atomic E-state index is 13.4. The van der Waals surface area contributed by atoms with Gasteiger partial charge in [-0.25, -0.2) is 0 Å². The smallest absolute Gasteiger partial charge is 0.269 e. The van der Waals surface area contributed by atoms with Crippen molar-refractivity contribution >= 4 is 62.5 Å². The number of benzene rings is 3. The van der Waals surface area contributed by atoms with Gasteiger partial charge in [0.05, 0.1) is 16.0 Å². The number of halogens is 2. The minimum atomic E-state index is -0.619. The Hall–Kier alpha value is -3.05. The molecule has 1 heterocycles. The number of carbonyl (C=O) groups excluding carboxylic acids is 2. The standard InChI is InChI=1S/C25H17BrClN3O2S/c26-17-12-10-16(11-13-17)14-22-24(32)30(18-6-2-1-3-7-18)25(33-22)19(15-28)23(31)29-21-9-5-4-8-20(21)27/h1-13,22H,14H2,(H,29,31)/b25-19-/t22-/m0/s1. The molecule has 8 heteroatoms. The molecule has 3 aromatic carbocycles. The Morgan fingerprint density at radius 1 is 1.06 bits per heavy atom. The van der Waals surface area contributed by atoms with E-state index in [2.05, 4.69) is 21.2 Å². The minimum Gasteiger partial charge on any atom is -0.320 e. The first-order valence-corrected chi connectivity index (χ1v) is 12.0. The van der Waals surface area contributed by atoms with Crippen LogP contribution in [0.25, 0.3) is 0 Å². The highest BCUT2D eigenvalue weighted by molar-refractivity contribution is 9.10. The van der Waals surface area contributed by atoms with Gasteiger partial charge >= 0.3 is 0 Å². The lowest BCUT2D eigenvalue weighted by Gasteiger charge is -2.18. The van der Waals surface area contributed by atoms with Gasteiger partial charge in [-0.1, -0.05) is 81.8 Å². The predicted molar refractivity (Wildman–Crippen MR) is 136 cm³/mol. The first kappa shape index (κ1) is 23.1. The molecule has 1 aliphatic heterocycles. The van der Waals surface area contributed by atoms with E-state index in [1.807, 2.05) is 48.5 Å². The molecular weight excluding hydrogens is 522 g/mol. The summed E-state index contributed by atoms with van der Waals surface area (Å²) < 4.78 is 0.950. The molecule has 5 nitrogen and oxygen atoms in total. The Morgan fingerprint density at radius 3 is 2.39 bits per heavy atom. The molecule has 0 aromatic heterocycles. The zero-order valence-electron chi connectivity index (χ0n) is 17.2. The number of para-hydroxylation sites is 2. The minimum absolute atomic E-state index is 0.143. The fourth-order valence-electron chi connectivity index (χ4n) is 3.38. The Balaban J connectivity index is 1.72. The lowest BCUT2D eigenvalue weighted by molar-refractivity contribution is -0.117. The van der Waals surface area contributed by atoms with E-state index in [4.69, 9.17) is 11.6 Å². The van der Waals surface area contributed by atoms with Gasteiger partial charge in [-0.05, 0) is 48.4 Å². The van der Waals surface area contributed by atoms with Gasteiger partial charge in [0.25, 0.3) is 5.91 Å². The quantitative estimate of drug-likeness (QED) is 0.312. The van der Waals surface area contributed by atoms with Gasteiger partial charge < -0.3 is 5.32 Å². The monoisotopic (exact) mass is 537 g/mol. The third kappa shape index (κ3) is 5.14. The summed E-state index contributed by atoms with van der Waals surface area (Å²) in [6.45, 7) is 0. The summed E-state index contributed by atoms with van der Waals surface area (Å²) >= 11 is 10.8. The number of carbonyl (C=O) groups is 2. The lowest BCUT2D eigenvalue weighted by Crippen LogP contribution is -2.30. The average molecular weight is 539 g/mol. The SMILES string of the molecule is N#C/C(C(=O)Nc1ccccc1Cl)=C1/S[C@@H](Cc2ccc(Br)cc2)C(=O)N1c1ccccc1. The van der Waals surface area contributed by atoms with Crippen LogP contribution in [-0.2, 0) is 16.0 Å². The van der Waals surface area contributed by atoms with Gasteiger partial charge in [-0.15, -0.1) is 0 Å². The molecule has 1 fully saturated rings. The third-order valence-electron chi connectivity index (χ3n) is 4.98. The van der Waals surface area contributed by atoms with Crippen molar-refractivity contribution in [3.8, 4) is 6.07 Å². The number of hydrogen-bond acceptors (Lipinski definition) is 4. The number of nitrogens with one attached hydrogen (secondary N) is 1. The average Bonchev–Trinajstić information content (AvgIpc) is 3.13. The van der Waals surface area contributed by atoms with Crippen molar-refractivity contribution in [2.24, 2.45) is 0 Å². The van der Waals surface area contributed by atoms with E-state index in [1.54, 1.807) is 36.4 Å². The second-order valence-electron chi connectivity index (χ2n) is 7.17. The molecule has 0 aliphatic carbocycles. The van der Waals surface area contributed by atoms with Crippen LogP contribution >= 0.6 is 39.3 Å². The molecule has 0 spiro atoms. The van der Waals surface area contributed by atoms with Gasteiger partial charge in [0.15, 0.2) is 0 Å². The number of thioether (sulfide) groups is 1. The summed E-state index contributed by atoms with van der Waals surface area (Å²) in [6, 6.07) is 25.5. The van der Waals surface area contributed by atoms with Gasteiger partial charge in [0.1, 0.15) is 16.7 Å². The molecule has 1 N–H and O–H groups in total. The van der Waals surface area contributed by atoms with Crippen LogP contribution in [0.3, 0.4) is 0 Å². The Kier molecular flexibility index (Phi) is 7.19. The van der Waals surface area contributed by atoms with Crippen LogP contribution in [-0.4, -0.2) is 17.1 Å². The number of anilines is 2. The highest BCUT2D eigenvalue weighted by Gasteiger charge is 2.40. The van der Waals surface area contributed by atoms with Crippen LogP contribution in [0.5, 0.6) is 0 Å². The Bertz CT molecular complexity index is 1270. The van der Waals surface area contributed by atoms with E-state index < -0.39 is 11.2 Å².